The number of hydrogen-bond donors (Lipinski definition) is 1. The van der Waals surface area contributed by atoms with Gasteiger partial charge in [0.25, 0.3) is 0 Å². The monoisotopic (exact) mass is 457 g/mol. The second-order valence-corrected chi connectivity index (χ2v) is 8.25. The SMILES string of the molecule is COc1ccc(COc2cccc(Nc3ncnc4cc(-c5cc(C=O)co5)sc34)c2)cc1. The number of fused-ring (bicyclic) bond motifs is 1. The zero-order valence-electron chi connectivity index (χ0n) is 17.6. The number of aldehydes is 1. The Hall–Kier alpha value is -4.17. The summed E-state index contributed by atoms with van der Waals surface area (Å²) in [5, 5.41) is 3.36. The van der Waals surface area contributed by atoms with Crippen molar-refractivity contribution in [1.29, 1.82) is 0 Å². The van der Waals surface area contributed by atoms with Crippen molar-refractivity contribution in [2.45, 2.75) is 6.61 Å². The molecular weight excluding hydrogens is 438 g/mol. The van der Waals surface area contributed by atoms with Crippen LogP contribution in [0.3, 0.4) is 0 Å². The van der Waals surface area contributed by atoms with Crippen molar-refractivity contribution in [2.75, 3.05) is 12.4 Å². The number of hydrogen-bond acceptors (Lipinski definition) is 8. The first-order chi connectivity index (χ1) is 16.2. The second kappa shape index (κ2) is 9.13. The number of rotatable bonds is 8. The molecule has 0 aliphatic rings. The molecule has 0 atom stereocenters. The van der Waals surface area contributed by atoms with Crippen LogP contribution in [0, 0.1) is 0 Å². The minimum Gasteiger partial charge on any atom is -0.497 e. The molecular formula is C25H19N3O4S. The van der Waals surface area contributed by atoms with E-state index in [1.54, 1.807) is 13.2 Å². The molecule has 0 radical (unpaired) electrons. The lowest BCUT2D eigenvalue weighted by molar-refractivity contribution is 0.112. The van der Waals surface area contributed by atoms with E-state index in [1.165, 1.54) is 23.9 Å². The molecule has 0 saturated carbocycles. The lowest BCUT2D eigenvalue weighted by Crippen LogP contribution is -1.97. The standard InChI is InChI=1S/C25H19N3O4S/c1-30-19-7-5-16(6-8-19)13-31-20-4-2-3-18(10-20)28-25-24-21(26-15-27-25)11-23(33-24)22-9-17(12-29)14-32-22/h2-12,14-15H,13H2,1H3,(H,26,27,28). The van der Waals surface area contributed by atoms with Crippen molar-refractivity contribution in [3.8, 4) is 22.1 Å². The van der Waals surface area contributed by atoms with E-state index in [0.717, 1.165) is 44.1 Å². The van der Waals surface area contributed by atoms with Crippen LogP contribution in [0.25, 0.3) is 20.9 Å². The predicted octanol–water partition coefficient (Wildman–Crippen LogP) is 6.10. The number of methoxy groups -OCH3 is 1. The number of benzene rings is 2. The van der Waals surface area contributed by atoms with E-state index < -0.39 is 0 Å². The molecule has 0 amide bonds. The third-order valence-electron chi connectivity index (χ3n) is 4.97. The highest BCUT2D eigenvalue weighted by Gasteiger charge is 2.13. The van der Waals surface area contributed by atoms with Crippen LogP contribution in [0.5, 0.6) is 11.5 Å². The van der Waals surface area contributed by atoms with Gasteiger partial charge in [-0.2, -0.15) is 0 Å². The second-order valence-electron chi connectivity index (χ2n) is 7.20. The van der Waals surface area contributed by atoms with Gasteiger partial charge >= 0.3 is 0 Å². The van der Waals surface area contributed by atoms with Crippen LogP contribution in [-0.4, -0.2) is 23.4 Å². The molecule has 0 aliphatic heterocycles. The molecule has 3 heterocycles. The number of anilines is 2. The molecule has 0 bridgehead atoms. The fourth-order valence-electron chi connectivity index (χ4n) is 3.30. The van der Waals surface area contributed by atoms with Crippen molar-refractivity contribution in [1.82, 2.24) is 9.97 Å². The van der Waals surface area contributed by atoms with Crippen LogP contribution < -0.4 is 14.8 Å². The summed E-state index contributed by atoms with van der Waals surface area (Å²) in [6.45, 7) is 0.450. The Morgan fingerprint density at radius 2 is 1.94 bits per heavy atom. The number of carbonyl (C=O) groups is 1. The lowest BCUT2D eigenvalue weighted by atomic mass is 10.2. The minimum absolute atomic E-state index is 0.450. The van der Waals surface area contributed by atoms with Gasteiger partial charge in [0.15, 0.2) is 12.1 Å². The number of nitrogens with one attached hydrogen (secondary N) is 1. The average molecular weight is 458 g/mol. The topological polar surface area (TPSA) is 86.5 Å². The van der Waals surface area contributed by atoms with Crippen LogP contribution >= 0.6 is 11.3 Å². The Morgan fingerprint density at radius 1 is 1.06 bits per heavy atom. The minimum atomic E-state index is 0.450. The van der Waals surface area contributed by atoms with E-state index in [0.29, 0.717) is 23.7 Å². The Balaban J connectivity index is 1.34. The van der Waals surface area contributed by atoms with Crippen molar-refractivity contribution in [3.05, 3.63) is 84.4 Å². The highest BCUT2D eigenvalue weighted by atomic mass is 32.1. The maximum absolute atomic E-state index is 11.0. The summed E-state index contributed by atoms with van der Waals surface area (Å²) in [5.41, 5.74) is 3.19. The van der Waals surface area contributed by atoms with E-state index >= 15 is 0 Å². The Kier molecular flexibility index (Phi) is 5.73. The molecule has 0 spiro atoms. The molecule has 3 aromatic heterocycles. The first-order valence-corrected chi connectivity index (χ1v) is 10.9. The summed E-state index contributed by atoms with van der Waals surface area (Å²) in [5.74, 6) is 2.87. The molecule has 33 heavy (non-hydrogen) atoms. The largest absolute Gasteiger partial charge is 0.497 e. The maximum Gasteiger partial charge on any atom is 0.153 e. The molecule has 0 saturated heterocycles. The number of furan rings is 1. The summed E-state index contributed by atoms with van der Waals surface area (Å²) in [6.07, 6.45) is 3.72. The van der Waals surface area contributed by atoms with Crippen LogP contribution in [-0.2, 0) is 6.61 Å². The van der Waals surface area contributed by atoms with Gasteiger partial charge in [-0.3, -0.25) is 4.79 Å². The molecule has 0 aliphatic carbocycles. The highest BCUT2D eigenvalue weighted by Crippen LogP contribution is 2.37. The smallest absolute Gasteiger partial charge is 0.153 e. The van der Waals surface area contributed by atoms with Gasteiger partial charge in [0.1, 0.15) is 36.5 Å². The van der Waals surface area contributed by atoms with Crippen LogP contribution in [0.2, 0.25) is 0 Å². The van der Waals surface area contributed by atoms with Crippen LogP contribution in [0.15, 0.2) is 77.7 Å². The van der Waals surface area contributed by atoms with E-state index in [9.17, 15) is 4.79 Å². The molecule has 5 rings (SSSR count). The van der Waals surface area contributed by atoms with E-state index in [4.69, 9.17) is 13.9 Å². The third kappa shape index (κ3) is 4.56. The molecule has 1 N–H and O–H groups in total. The van der Waals surface area contributed by atoms with Gasteiger partial charge in [-0.1, -0.05) is 18.2 Å². The van der Waals surface area contributed by atoms with Crippen LogP contribution in [0.4, 0.5) is 11.5 Å². The van der Waals surface area contributed by atoms with Gasteiger partial charge in [-0.25, -0.2) is 9.97 Å². The number of thiophene rings is 1. The quantitative estimate of drug-likeness (QED) is 0.282. The molecule has 8 heteroatoms. The summed E-state index contributed by atoms with van der Waals surface area (Å²) in [7, 11) is 1.65. The summed E-state index contributed by atoms with van der Waals surface area (Å²) in [6, 6.07) is 19.1. The van der Waals surface area contributed by atoms with Gasteiger partial charge in [0, 0.05) is 11.8 Å². The number of ether oxygens (including phenoxy) is 2. The van der Waals surface area contributed by atoms with Gasteiger partial charge in [0.2, 0.25) is 0 Å². The lowest BCUT2D eigenvalue weighted by Gasteiger charge is -2.10. The number of nitrogens with zero attached hydrogens (tertiary/aromatic N) is 2. The van der Waals surface area contributed by atoms with Gasteiger partial charge < -0.3 is 19.2 Å². The Labute approximate surface area is 193 Å². The third-order valence-corrected chi connectivity index (χ3v) is 6.12. The molecule has 2 aromatic carbocycles. The first-order valence-electron chi connectivity index (χ1n) is 10.1. The maximum atomic E-state index is 11.0. The number of carbonyl (C=O) groups excluding carboxylic acids is 1. The molecule has 0 unspecified atom stereocenters. The van der Waals surface area contributed by atoms with Crippen molar-refractivity contribution >= 4 is 39.3 Å². The summed E-state index contributed by atoms with van der Waals surface area (Å²) in [4.78, 5) is 20.6. The normalized spacial score (nSPS) is 10.8. The zero-order chi connectivity index (χ0) is 22.6. The molecule has 5 aromatic rings. The first kappa shape index (κ1) is 20.7. The summed E-state index contributed by atoms with van der Waals surface area (Å²) >= 11 is 1.50. The van der Waals surface area contributed by atoms with E-state index in [1.807, 2.05) is 54.6 Å². The summed E-state index contributed by atoms with van der Waals surface area (Å²) < 4.78 is 17.5. The fourth-order valence-corrected chi connectivity index (χ4v) is 4.31. The van der Waals surface area contributed by atoms with Crippen LogP contribution in [0.1, 0.15) is 15.9 Å². The van der Waals surface area contributed by atoms with Crippen molar-refractivity contribution in [2.24, 2.45) is 0 Å². The van der Waals surface area contributed by atoms with E-state index in [-0.39, 0.29) is 0 Å². The Bertz CT molecular complexity index is 1410. The Morgan fingerprint density at radius 3 is 2.73 bits per heavy atom. The van der Waals surface area contributed by atoms with Gasteiger partial charge in [-0.15, -0.1) is 11.3 Å². The average Bonchev–Trinajstić information content (AvgIpc) is 3.51. The van der Waals surface area contributed by atoms with E-state index in [2.05, 4.69) is 15.3 Å². The highest BCUT2D eigenvalue weighted by molar-refractivity contribution is 7.22. The van der Waals surface area contributed by atoms with Crippen molar-refractivity contribution in [3.63, 3.8) is 0 Å². The fraction of sp³-hybridized carbons (Fsp3) is 0.0800. The zero-order valence-corrected chi connectivity index (χ0v) is 18.5. The number of aromatic nitrogens is 2. The van der Waals surface area contributed by atoms with Gasteiger partial charge in [0.05, 0.1) is 27.8 Å². The van der Waals surface area contributed by atoms with Gasteiger partial charge in [-0.05, 0) is 42.0 Å². The molecule has 7 nitrogen and oxygen atoms in total. The van der Waals surface area contributed by atoms with Crippen molar-refractivity contribution < 1.29 is 18.7 Å². The molecule has 0 fully saturated rings. The molecule has 164 valence electrons. The predicted molar refractivity (Wildman–Crippen MR) is 128 cm³/mol.